The van der Waals surface area contributed by atoms with Crippen molar-refractivity contribution in [3.05, 3.63) is 84.7 Å². The zero-order valence-electron chi connectivity index (χ0n) is 20.1. The second kappa shape index (κ2) is 11.0. The van der Waals surface area contributed by atoms with Crippen molar-refractivity contribution >= 4 is 10.0 Å². The van der Waals surface area contributed by atoms with Gasteiger partial charge in [0.05, 0.1) is 20.8 Å². The molecule has 0 aromatic heterocycles. The van der Waals surface area contributed by atoms with E-state index in [1.807, 2.05) is 12.1 Å². The van der Waals surface area contributed by atoms with Crippen LogP contribution in [0.4, 0.5) is 4.39 Å². The number of fused-ring (bicyclic) bond motifs is 1. The predicted octanol–water partition coefficient (Wildman–Crippen LogP) is 5.55. The van der Waals surface area contributed by atoms with E-state index in [0.29, 0.717) is 18.6 Å². The van der Waals surface area contributed by atoms with Crippen molar-refractivity contribution in [2.45, 2.75) is 30.4 Å². The Morgan fingerprint density at radius 1 is 1.06 bits per heavy atom. The monoisotopic (exact) mass is 513 g/mol. The van der Waals surface area contributed by atoms with Gasteiger partial charge in [-0.15, -0.1) is 6.58 Å². The maximum absolute atomic E-state index is 14.0. The van der Waals surface area contributed by atoms with Crippen LogP contribution in [-0.4, -0.2) is 39.6 Å². The first kappa shape index (κ1) is 25.5. The minimum atomic E-state index is -4.06. The van der Waals surface area contributed by atoms with Gasteiger partial charge in [-0.25, -0.2) is 12.8 Å². The molecule has 1 heterocycles. The molecule has 3 aromatic rings. The van der Waals surface area contributed by atoms with Crippen LogP contribution < -0.4 is 18.9 Å². The normalized spacial score (nSPS) is 16.8. The zero-order valence-corrected chi connectivity index (χ0v) is 21.0. The predicted molar refractivity (Wildman–Crippen MR) is 134 cm³/mol. The Morgan fingerprint density at radius 3 is 2.53 bits per heavy atom. The summed E-state index contributed by atoms with van der Waals surface area (Å²) in [7, 11) is -1.10. The van der Waals surface area contributed by atoms with Gasteiger partial charge in [0.25, 0.3) is 10.0 Å². The van der Waals surface area contributed by atoms with Crippen molar-refractivity contribution in [3.63, 3.8) is 0 Å². The molecule has 1 aliphatic heterocycles. The van der Waals surface area contributed by atoms with Gasteiger partial charge in [-0.1, -0.05) is 24.3 Å². The van der Waals surface area contributed by atoms with Crippen molar-refractivity contribution in [1.82, 2.24) is 4.31 Å². The summed E-state index contributed by atoms with van der Waals surface area (Å²) in [5.74, 6) is 0.744. The van der Waals surface area contributed by atoms with Crippen molar-refractivity contribution in [1.29, 1.82) is 0 Å². The van der Waals surface area contributed by atoms with E-state index in [9.17, 15) is 12.8 Å². The summed E-state index contributed by atoms with van der Waals surface area (Å²) >= 11 is 0. The molecule has 0 saturated heterocycles. The number of rotatable bonds is 9. The third-order valence-corrected chi connectivity index (χ3v) is 7.67. The molecule has 36 heavy (non-hydrogen) atoms. The summed E-state index contributed by atoms with van der Waals surface area (Å²) in [6, 6.07) is 15.8. The van der Waals surface area contributed by atoms with Crippen LogP contribution >= 0.6 is 0 Å². The van der Waals surface area contributed by atoms with Gasteiger partial charge in [0.1, 0.15) is 23.4 Å². The summed E-state index contributed by atoms with van der Waals surface area (Å²) in [6.07, 6.45) is 2.64. The Hall–Kier alpha value is -3.56. The van der Waals surface area contributed by atoms with Crippen LogP contribution in [0, 0.1) is 5.82 Å². The Bertz CT molecular complexity index is 1330. The number of hydrogen-bond donors (Lipinski definition) is 0. The first-order valence-electron chi connectivity index (χ1n) is 11.4. The molecule has 7 nitrogen and oxygen atoms in total. The molecule has 1 atom stereocenters. The first-order valence-corrected chi connectivity index (χ1v) is 12.8. The summed E-state index contributed by atoms with van der Waals surface area (Å²) in [4.78, 5) is -0.0917. The lowest BCUT2D eigenvalue weighted by molar-refractivity contribution is 0.164. The van der Waals surface area contributed by atoms with Crippen LogP contribution in [0.5, 0.6) is 28.7 Å². The molecule has 0 amide bonds. The largest absolute Gasteiger partial charge is 0.497 e. The highest BCUT2D eigenvalue weighted by Gasteiger charge is 2.37. The van der Waals surface area contributed by atoms with Gasteiger partial charge in [0, 0.05) is 12.6 Å². The minimum Gasteiger partial charge on any atom is -0.497 e. The van der Waals surface area contributed by atoms with Crippen LogP contribution in [0.15, 0.2) is 78.2 Å². The van der Waals surface area contributed by atoms with E-state index in [4.69, 9.17) is 18.9 Å². The molecule has 190 valence electrons. The fourth-order valence-electron chi connectivity index (χ4n) is 3.98. The highest BCUT2D eigenvalue weighted by molar-refractivity contribution is 7.89. The molecular weight excluding hydrogens is 485 g/mol. The zero-order chi connectivity index (χ0) is 25.7. The molecule has 4 rings (SSSR count). The van der Waals surface area contributed by atoms with E-state index in [-0.39, 0.29) is 41.0 Å². The molecule has 0 fully saturated rings. The summed E-state index contributed by atoms with van der Waals surface area (Å²) < 4.78 is 65.7. The quantitative estimate of drug-likeness (QED) is 0.349. The van der Waals surface area contributed by atoms with Crippen LogP contribution in [0.2, 0.25) is 0 Å². The molecule has 3 aromatic carbocycles. The summed E-state index contributed by atoms with van der Waals surface area (Å²) in [5.41, 5.74) is 0.795. The number of hydrogen-bond acceptors (Lipinski definition) is 6. The SMILES string of the molecule is C=CCCC1CN(Cc2ccc(OC)cc2)S(=O)(=O)c2c(Oc3ccc(F)cc3OC)cccc2O1. The molecule has 1 aliphatic rings. The molecule has 0 spiro atoms. The number of nitrogens with zero attached hydrogens (tertiary/aromatic N) is 1. The number of methoxy groups -OCH3 is 2. The van der Waals surface area contributed by atoms with E-state index in [1.54, 1.807) is 37.5 Å². The van der Waals surface area contributed by atoms with Gasteiger partial charge in [-0.05, 0) is 54.8 Å². The Morgan fingerprint density at radius 2 is 1.83 bits per heavy atom. The van der Waals surface area contributed by atoms with E-state index in [0.717, 1.165) is 5.56 Å². The molecule has 0 bridgehead atoms. The highest BCUT2D eigenvalue weighted by atomic mass is 32.2. The smallest absolute Gasteiger partial charge is 0.250 e. The van der Waals surface area contributed by atoms with E-state index < -0.39 is 21.9 Å². The second-order valence-corrected chi connectivity index (χ2v) is 10.1. The maximum Gasteiger partial charge on any atom is 0.250 e. The van der Waals surface area contributed by atoms with Gasteiger partial charge in [-0.3, -0.25) is 0 Å². The third-order valence-electron chi connectivity index (χ3n) is 5.80. The van der Waals surface area contributed by atoms with Gasteiger partial charge < -0.3 is 18.9 Å². The fraction of sp³-hybridized carbons (Fsp3) is 0.259. The van der Waals surface area contributed by atoms with Crippen LogP contribution in [0.1, 0.15) is 18.4 Å². The second-order valence-electron chi connectivity index (χ2n) is 8.23. The first-order chi connectivity index (χ1) is 17.3. The van der Waals surface area contributed by atoms with E-state index >= 15 is 0 Å². The van der Waals surface area contributed by atoms with Crippen LogP contribution in [-0.2, 0) is 16.6 Å². The topological polar surface area (TPSA) is 74.3 Å². The van der Waals surface area contributed by atoms with Gasteiger partial charge >= 0.3 is 0 Å². The number of halogens is 1. The van der Waals surface area contributed by atoms with Gasteiger partial charge in [0.2, 0.25) is 0 Å². The number of benzene rings is 3. The fourth-order valence-corrected chi connectivity index (χ4v) is 5.65. The molecule has 9 heteroatoms. The molecule has 0 N–H and O–H groups in total. The molecular formula is C27H28FNO6S. The standard InChI is InChI=1S/C27H28FNO6S/c1-4-5-7-22-18-29(17-19-10-13-21(32-2)14-11-19)36(30,31)27-24(34-22)8-6-9-25(27)35-23-15-12-20(28)16-26(23)33-3/h4,6,8-16,22H,1,5,7,17-18H2,2-3H3. The lowest BCUT2D eigenvalue weighted by Gasteiger charge is -2.23. The molecule has 1 unspecified atom stereocenters. The van der Waals surface area contributed by atoms with E-state index in [1.165, 1.54) is 35.7 Å². The lowest BCUT2D eigenvalue weighted by atomic mass is 10.1. The van der Waals surface area contributed by atoms with Crippen molar-refractivity contribution in [3.8, 4) is 28.7 Å². The lowest BCUT2D eigenvalue weighted by Crippen LogP contribution is -2.36. The Balaban J connectivity index is 1.77. The summed E-state index contributed by atoms with van der Waals surface area (Å²) in [5, 5.41) is 0. The van der Waals surface area contributed by atoms with Gasteiger partial charge in [-0.2, -0.15) is 4.31 Å². The third kappa shape index (κ3) is 5.47. The van der Waals surface area contributed by atoms with Gasteiger partial charge in [0.15, 0.2) is 22.1 Å². The minimum absolute atomic E-state index is 0.0570. The highest BCUT2D eigenvalue weighted by Crippen LogP contribution is 2.42. The van der Waals surface area contributed by atoms with Crippen LogP contribution in [0.25, 0.3) is 0 Å². The number of sulfonamides is 1. The van der Waals surface area contributed by atoms with Crippen molar-refractivity contribution in [2.24, 2.45) is 0 Å². The molecule has 0 radical (unpaired) electrons. The average molecular weight is 514 g/mol. The van der Waals surface area contributed by atoms with Crippen LogP contribution in [0.3, 0.4) is 0 Å². The number of ether oxygens (including phenoxy) is 4. The Kier molecular flexibility index (Phi) is 7.81. The average Bonchev–Trinajstić information content (AvgIpc) is 2.98. The van der Waals surface area contributed by atoms with Crippen molar-refractivity contribution < 1.29 is 31.8 Å². The molecule has 0 aliphatic carbocycles. The maximum atomic E-state index is 14.0. The van der Waals surface area contributed by atoms with E-state index in [2.05, 4.69) is 6.58 Å². The summed E-state index contributed by atoms with van der Waals surface area (Å²) in [6.45, 7) is 4.05. The number of allylic oxidation sites excluding steroid dienone is 1. The Labute approximate surface area is 210 Å². The van der Waals surface area contributed by atoms with Crippen molar-refractivity contribution in [2.75, 3.05) is 20.8 Å². The molecule has 0 saturated carbocycles.